The first kappa shape index (κ1) is 11.1. The van der Waals surface area contributed by atoms with Crippen LogP contribution in [0.2, 0.25) is 5.02 Å². The van der Waals surface area contributed by atoms with Crippen molar-refractivity contribution in [2.75, 3.05) is 5.73 Å². The molecule has 0 saturated carbocycles. The van der Waals surface area contributed by atoms with Crippen molar-refractivity contribution in [2.24, 2.45) is 0 Å². The van der Waals surface area contributed by atoms with Crippen LogP contribution in [0.4, 0.5) is 10.5 Å². The monoisotopic (exact) mass is 240 g/mol. The summed E-state index contributed by atoms with van der Waals surface area (Å²) in [7, 11) is 0. The van der Waals surface area contributed by atoms with Gasteiger partial charge in [0.25, 0.3) is 0 Å². The lowest BCUT2D eigenvalue weighted by Gasteiger charge is -2.25. The number of nitrogens with one attached hydrogen (secondary N) is 1. The number of nitrogen functional groups attached to an aromatic ring is 1. The van der Waals surface area contributed by atoms with E-state index in [1.165, 1.54) is 0 Å². The molecule has 0 bridgehead atoms. The SMILES string of the molecule is Nc1ccc2c(c1Cl)CC[C@H](NC(=O)O)C2. The Morgan fingerprint density at radius 2 is 2.31 bits per heavy atom. The van der Waals surface area contributed by atoms with Crippen molar-refractivity contribution < 1.29 is 9.90 Å². The number of halogens is 1. The third-order valence-electron chi connectivity index (χ3n) is 2.91. The van der Waals surface area contributed by atoms with Crippen LogP contribution in [0.25, 0.3) is 0 Å². The molecule has 0 saturated heterocycles. The van der Waals surface area contributed by atoms with E-state index < -0.39 is 6.09 Å². The molecule has 0 aliphatic heterocycles. The Bertz CT molecular complexity index is 434. The Kier molecular flexibility index (Phi) is 2.92. The van der Waals surface area contributed by atoms with Gasteiger partial charge in [0, 0.05) is 6.04 Å². The van der Waals surface area contributed by atoms with Crippen LogP contribution in [0.5, 0.6) is 0 Å². The van der Waals surface area contributed by atoms with Gasteiger partial charge in [-0.25, -0.2) is 4.79 Å². The van der Waals surface area contributed by atoms with Crippen LogP contribution in [0.15, 0.2) is 12.1 Å². The van der Waals surface area contributed by atoms with Gasteiger partial charge < -0.3 is 16.2 Å². The molecule has 5 heteroatoms. The highest BCUT2D eigenvalue weighted by Crippen LogP contribution is 2.32. The third kappa shape index (κ3) is 2.07. The molecule has 0 unspecified atom stereocenters. The molecule has 0 spiro atoms. The zero-order valence-electron chi connectivity index (χ0n) is 8.66. The largest absolute Gasteiger partial charge is 0.465 e. The summed E-state index contributed by atoms with van der Waals surface area (Å²) in [6, 6.07) is 3.67. The lowest BCUT2D eigenvalue weighted by Crippen LogP contribution is -2.37. The zero-order chi connectivity index (χ0) is 11.7. The number of hydrogen-bond acceptors (Lipinski definition) is 2. The fraction of sp³-hybridized carbons (Fsp3) is 0.364. The molecule has 2 rings (SSSR count). The van der Waals surface area contributed by atoms with Crippen molar-refractivity contribution in [3.63, 3.8) is 0 Å². The van der Waals surface area contributed by atoms with E-state index in [-0.39, 0.29) is 6.04 Å². The second-order valence-electron chi connectivity index (χ2n) is 4.00. The summed E-state index contributed by atoms with van der Waals surface area (Å²) in [5, 5.41) is 11.8. The van der Waals surface area contributed by atoms with Crippen molar-refractivity contribution >= 4 is 23.4 Å². The molecule has 4 nitrogen and oxygen atoms in total. The number of carboxylic acid groups (broad SMARTS) is 1. The van der Waals surface area contributed by atoms with Gasteiger partial charge in [0.2, 0.25) is 0 Å². The topological polar surface area (TPSA) is 75.3 Å². The molecule has 86 valence electrons. The molecular formula is C11H13ClN2O2. The van der Waals surface area contributed by atoms with Crippen LogP contribution in [0.3, 0.4) is 0 Å². The van der Waals surface area contributed by atoms with Crippen LogP contribution in [-0.2, 0) is 12.8 Å². The molecule has 1 aliphatic rings. The van der Waals surface area contributed by atoms with Crippen LogP contribution in [-0.4, -0.2) is 17.2 Å². The molecule has 1 aromatic carbocycles. The number of anilines is 1. The Balaban J connectivity index is 2.22. The Morgan fingerprint density at radius 1 is 1.56 bits per heavy atom. The van der Waals surface area contributed by atoms with Gasteiger partial charge >= 0.3 is 6.09 Å². The van der Waals surface area contributed by atoms with Gasteiger partial charge in [-0.05, 0) is 36.5 Å². The predicted molar refractivity (Wildman–Crippen MR) is 62.8 cm³/mol. The van der Waals surface area contributed by atoms with Crippen LogP contribution < -0.4 is 11.1 Å². The van der Waals surface area contributed by atoms with E-state index in [0.29, 0.717) is 17.1 Å². The minimum absolute atomic E-state index is 0.0234. The highest BCUT2D eigenvalue weighted by atomic mass is 35.5. The maximum atomic E-state index is 10.5. The summed E-state index contributed by atoms with van der Waals surface area (Å²) in [5.41, 5.74) is 8.45. The molecule has 1 atom stereocenters. The van der Waals surface area contributed by atoms with Gasteiger partial charge in [0.05, 0.1) is 10.7 Å². The maximum absolute atomic E-state index is 10.5. The first-order valence-corrected chi connectivity index (χ1v) is 5.51. The molecular weight excluding hydrogens is 228 g/mol. The van der Waals surface area contributed by atoms with Crippen molar-refractivity contribution in [3.8, 4) is 0 Å². The van der Waals surface area contributed by atoms with Crippen LogP contribution >= 0.6 is 11.6 Å². The minimum atomic E-state index is -0.977. The number of benzene rings is 1. The van der Waals surface area contributed by atoms with E-state index in [9.17, 15) is 4.79 Å². The third-order valence-corrected chi connectivity index (χ3v) is 3.35. The summed E-state index contributed by atoms with van der Waals surface area (Å²) in [6.07, 6.45) is 1.24. The van der Waals surface area contributed by atoms with Crippen LogP contribution in [0, 0.1) is 0 Å². The molecule has 0 heterocycles. The standard InChI is InChI=1S/C11H13ClN2O2/c12-10-8-3-2-7(14-11(15)16)5-6(8)1-4-9(10)13/h1,4,7,14H,2-3,5,13H2,(H,15,16)/t7-/m0/s1. The number of nitrogens with two attached hydrogens (primary N) is 1. The zero-order valence-corrected chi connectivity index (χ0v) is 9.42. The summed E-state index contributed by atoms with van der Waals surface area (Å²) < 4.78 is 0. The van der Waals surface area contributed by atoms with Crippen LogP contribution in [0.1, 0.15) is 17.5 Å². The molecule has 1 amide bonds. The molecule has 0 aromatic heterocycles. The van der Waals surface area contributed by atoms with Gasteiger partial charge in [-0.2, -0.15) is 0 Å². The lowest BCUT2D eigenvalue weighted by atomic mass is 9.88. The lowest BCUT2D eigenvalue weighted by molar-refractivity contribution is 0.188. The average Bonchev–Trinajstić information content (AvgIpc) is 2.23. The van der Waals surface area contributed by atoms with Crippen molar-refractivity contribution in [1.82, 2.24) is 5.32 Å². The Hall–Kier alpha value is -1.42. The number of amides is 1. The Morgan fingerprint density at radius 3 is 3.00 bits per heavy atom. The first-order valence-electron chi connectivity index (χ1n) is 5.13. The molecule has 0 radical (unpaired) electrons. The van der Waals surface area contributed by atoms with Gasteiger partial charge in [-0.15, -0.1) is 0 Å². The van der Waals surface area contributed by atoms with Gasteiger partial charge in [-0.3, -0.25) is 0 Å². The van der Waals surface area contributed by atoms with E-state index in [0.717, 1.165) is 24.0 Å². The van der Waals surface area contributed by atoms with Gasteiger partial charge in [-0.1, -0.05) is 17.7 Å². The quantitative estimate of drug-likeness (QED) is 0.658. The molecule has 0 fully saturated rings. The maximum Gasteiger partial charge on any atom is 0.404 e. The summed E-state index contributed by atoms with van der Waals surface area (Å²) in [4.78, 5) is 10.5. The predicted octanol–water partition coefficient (Wildman–Crippen LogP) is 2.05. The molecule has 4 N–H and O–H groups in total. The summed E-state index contributed by atoms with van der Waals surface area (Å²) in [6.45, 7) is 0. The summed E-state index contributed by atoms with van der Waals surface area (Å²) in [5.74, 6) is 0. The first-order chi connectivity index (χ1) is 7.58. The highest BCUT2D eigenvalue weighted by Gasteiger charge is 2.22. The number of carbonyl (C=O) groups is 1. The smallest absolute Gasteiger partial charge is 0.404 e. The van der Waals surface area contributed by atoms with Crippen molar-refractivity contribution in [3.05, 3.63) is 28.3 Å². The van der Waals surface area contributed by atoms with E-state index >= 15 is 0 Å². The van der Waals surface area contributed by atoms with E-state index in [1.54, 1.807) is 6.07 Å². The number of rotatable bonds is 1. The minimum Gasteiger partial charge on any atom is -0.465 e. The van der Waals surface area contributed by atoms with E-state index in [4.69, 9.17) is 22.4 Å². The van der Waals surface area contributed by atoms with Gasteiger partial charge in [0.15, 0.2) is 0 Å². The van der Waals surface area contributed by atoms with Gasteiger partial charge in [0.1, 0.15) is 0 Å². The molecule has 16 heavy (non-hydrogen) atoms. The van der Waals surface area contributed by atoms with Crippen molar-refractivity contribution in [1.29, 1.82) is 0 Å². The van der Waals surface area contributed by atoms with Crippen molar-refractivity contribution in [2.45, 2.75) is 25.3 Å². The second kappa shape index (κ2) is 4.22. The summed E-state index contributed by atoms with van der Waals surface area (Å²) >= 11 is 6.10. The molecule has 1 aliphatic carbocycles. The van der Waals surface area contributed by atoms with E-state index in [2.05, 4.69) is 5.32 Å². The fourth-order valence-electron chi connectivity index (χ4n) is 2.12. The normalized spacial score (nSPS) is 18.9. The van der Waals surface area contributed by atoms with E-state index in [1.807, 2.05) is 6.07 Å². The average molecular weight is 241 g/mol. The Labute approximate surface area is 98.4 Å². The molecule has 1 aromatic rings. The highest BCUT2D eigenvalue weighted by molar-refractivity contribution is 6.34. The number of hydrogen-bond donors (Lipinski definition) is 3. The number of fused-ring (bicyclic) bond motifs is 1. The fourth-order valence-corrected chi connectivity index (χ4v) is 2.40. The second-order valence-corrected chi connectivity index (χ2v) is 4.37.